The number of amides is 1. The standard InChI is InChI=1S/C17H13F6NO/c1-2-24(14-6-4-3-5-7-14)15(25)11-8-12(16(18,19)20)10-13(9-11)17(21,22)23/h3-10H,2H2,1H3. The summed E-state index contributed by atoms with van der Waals surface area (Å²) in [5.41, 5.74) is -3.33. The zero-order valence-electron chi connectivity index (χ0n) is 12.9. The Bertz CT molecular complexity index is 720. The molecular weight excluding hydrogens is 348 g/mol. The van der Waals surface area contributed by atoms with Gasteiger partial charge in [0, 0.05) is 17.8 Å². The van der Waals surface area contributed by atoms with Crippen molar-refractivity contribution in [2.75, 3.05) is 11.4 Å². The SMILES string of the molecule is CCN(C(=O)c1cc(C(F)(F)F)cc(C(F)(F)F)c1)c1ccccc1. The van der Waals surface area contributed by atoms with Gasteiger partial charge in [0.2, 0.25) is 0 Å². The Labute approximate surface area is 139 Å². The lowest BCUT2D eigenvalue weighted by atomic mass is 10.0. The van der Waals surface area contributed by atoms with Crippen molar-refractivity contribution in [3.8, 4) is 0 Å². The Hall–Kier alpha value is -2.51. The summed E-state index contributed by atoms with van der Waals surface area (Å²) < 4.78 is 77.5. The van der Waals surface area contributed by atoms with E-state index in [9.17, 15) is 31.1 Å². The molecule has 0 radical (unpaired) electrons. The van der Waals surface area contributed by atoms with Crippen LogP contribution in [0.25, 0.3) is 0 Å². The van der Waals surface area contributed by atoms with Gasteiger partial charge in [-0.15, -0.1) is 0 Å². The second-order valence-electron chi connectivity index (χ2n) is 5.18. The average Bonchev–Trinajstić information content (AvgIpc) is 2.54. The number of nitrogens with zero attached hydrogens (tertiary/aromatic N) is 1. The first kappa shape index (κ1) is 18.8. The van der Waals surface area contributed by atoms with Gasteiger partial charge in [-0.3, -0.25) is 4.79 Å². The summed E-state index contributed by atoms with van der Waals surface area (Å²) in [5, 5.41) is 0. The summed E-state index contributed by atoms with van der Waals surface area (Å²) in [6.07, 6.45) is -10.00. The lowest BCUT2D eigenvalue weighted by Crippen LogP contribution is -2.31. The maximum absolute atomic E-state index is 12.9. The number of carbonyl (C=O) groups excluding carboxylic acids is 1. The highest BCUT2D eigenvalue weighted by molar-refractivity contribution is 6.06. The van der Waals surface area contributed by atoms with E-state index in [0.717, 1.165) is 4.90 Å². The third-order valence-electron chi connectivity index (χ3n) is 3.46. The lowest BCUT2D eigenvalue weighted by molar-refractivity contribution is -0.143. The highest BCUT2D eigenvalue weighted by Gasteiger charge is 2.37. The fraction of sp³-hybridized carbons (Fsp3) is 0.235. The molecule has 0 aliphatic carbocycles. The van der Waals surface area contributed by atoms with E-state index in [1.807, 2.05) is 0 Å². The van der Waals surface area contributed by atoms with Crippen LogP contribution < -0.4 is 4.90 Å². The maximum Gasteiger partial charge on any atom is 0.416 e. The highest BCUT2D eigenvalue weighted by Crippen LogP contribution is 2.36. The first-order valence-electron chi connectivity index (χ1n) is 7.20. The molecule has 0 atom stereocenters. The molecule has 0 heterocycles. The van der Waals surface area contributed by atoms with Crippen LogP contribution in [0.3, 0.4) is 0 Å². The minimum absolute atomic E-state index is 0.00438. The molecular formula is C17H13F6NO. The van der Waals surface area contributed by atoms with Crippen LogP contribution in [0.5, 0.6) is 0 Å². The van der Waals surface area contributed by atoms with Crippen molar-refractivity contribution in [3.63, 3.8) is 0 Å². The summed E-state index contributed by atoms with van der Waals surface area (Å²) in [4.78, 5) is 13.6. The monoisotopic (exact) mass is 361 g/mol. The number of benzene rings is 2. The van der Waals surface area contributed by atoms with Gasteiger partial charge in [-0.1, -0.05) is 18.2 Å². The smallest absolute Gasteiger partial charge is 0.309 e. The van der Waals surface area contributed by atoms with Crippen molar-refractivity contribution in [2.45, 2.75) is 19.3 Å². The summed E-state index contributed by atoms with van der Waals surface area (Å²) in [7, 11) is 0. The van der Waals surface area contributed by atoms with Gasteiger partial charge in [-0.05, 0) is 37.3 Å². The number of rotatable bonds is 3. The Morgan fingerprint density at radius 3 is 1.76 bits per heavy atom. The number of hydrogen-bond acceptors (Lipinski definition) is 1. The number of para-hydroxylation sites is 1. The van der Waals surface area contributed by atoms with Crippen LogP contribution in [0.15, 0.2) is 48.5 Å². The molecule has 0 fully saturated rings. The summed E-state index contributed by atoms with van der Waals surface area (Å²) in [6.45, 7) is 1.66. The second kappa shape index (κ2) is 6.78. The quantitative estimate of drug-likeness (QED) is 0.671. The van der Waals surface area contributed by atoms with Crippen LogP contribution in [0.4, 0.5) is 32.0 Å². The molecule has 134 valence electrons. The van der Waals surface area contributed by atoms with E-state index >= 15 is 0 Å². The van der Waals surface area contributed by atoms with Gasteiger partial charge in [0.05, 0.1) is 11.1 Å². The van der Waals surface area contributed by atoms with Gasteiger partial charge in [0.1, 0.15) is 0 Å². The molecule has 2 aromatic rings. The number of anilines is 1. The lowest BCUT2D eigenvalue weighted by Gasteiger charge is -2.22. The highest BCUT2D eigenvalue weighted by atomic mass is 19.4. The number of halogens is 6. The normalized spacial score (nSPS) is 12.1. The van der Waals surface area contributed by atoms with Crippen LogP contribution in [-0.2, 0) is 12.4 Å². The third-order valence-corrected chi connectivity index (χ3v) is 3.46. The van der Waals surface area contributed by atoms with Crippen molar-refractivity contribution in [3.05, 3.63) is 65.2 Å². The molecule has 0 aliphatic heterocycles. The van der Waals surface area contributed by atoms with E-state index in [-0.39, 0.29) is 12.6 Å². The Kier molecular flexibility index (Phi) is 5.10. The molecule has 0 bridgehead atoms. The molecule has 0 unspecified atom stereocenters. The molecule has 1 amide bonds. The average molecular weight is 361 g/mol. The number of alkyl halides is 6. The van der Waals surface area contributed by atoms with E-state index in [4.69, 9.17) is 0 Å². The third kappa shape index (κ3) is 4.32. The second-order valence-corrected chi connectivity index (χ2v) is 5.18. The van der Waals surface area contributed by atoms with Crippen molar-refractivity contribution in [2.24, 2.45) is 0 Å². The Morgan fingerprint density at radius 1 is 0.880 bits per heavy atom. The fourth-order valence-corrected chi connectivity index (χ4v) is 2.29. The molecule has 8 heteroatoms. The predicted molar refractivity (Wildman–Crippen MR) is 80.2 cm³/mol. The number of carbonyl (C=O) groups is 1. The minimum atomic E-state index is -5.00. The van der Waals surface area contributed by atoms with E-state index < -0.39 is 35.0 Å². The zero-order chi connectivity index (χ0) is 18.8. The van der Waals surface area contributed by atoms with Gasteiger partial charge in [-0.2, -0.15) is 26.3 Å². The molecule has 0 N–H and O–H groups in total. The van der Waals surface area contributed by atoms with Gasteiger partial charge < -0.3 is 4.90 Å². The van der Waals surface area contributed by atoms with Crippen molar-refractivity contribution in [1.82, 2.24) is 0 Å². The van der Waals surface area contributed by atoms with Crippen molar-refractivity contribution in [1.29, 1.82) is 0 Å². The zero-order valence-corrected chi connectivity index (χ0v) is 12.9. The Balaban J connectivity index is 2.55. The van der Waals surface area contributed by atoms with E-state index in [1.54, 1.807) is 37.3 Å². The molecule has 0 saturated heterocycles. The molecule has 25 heavy (non-hydrogen) atoms. The summed E-state index contributed by atoms with van der Waals surface area (Å²) in [5.74, 6) is -0.940. The molecule has 0 saturated carbocycles. The molecule has 2 nitrogen and oxygen atoms in total. The molecule has 0 aromatic heterocycles. The maximum atomic E-state index is 12.9. The van der Waals surface area contributed by atoms with E-state index in [0.29, 0.717) is 17.8 Å². The van der Waals surface area contributed by atoms with Gasteiger partial charge in [0.15, 0.2) is 0 Å². The van der Waals surface area contributed by atoms with Crippen LogP contribution in [-0.4, -0.2) is 12.5 Å². The summed E-state index contributed by atoms with van der Waals surface area (Å²) >= 11 is 0. The van der Waals surface area contributed by atoms with Crippen LogP contribution in [0, 0.1) is 0 Å². The molecule has 0 aliphatic rings. The minimum Gasteiger partial charge on any atom is -0.309 e. The fourth-order valence-electron chi connectivity index (χ4n) is 2.29. The van der Waals surface area contributed by atoms with E-state index in [2.05, 4.69) is 0 Å². The van der Waals surface area contributed by atoms with Gasteiger partial charge in [-0.25, -0.2) is 0 Å². The molecule has 2 aromatic carbocycles. The molecule has 0 spiro atoms. The van der Waals surface area contributed by atoms with Crippen molar-refractivity contribution >= 4 is 11.6 Å². The van der Waals surface area contributed by atoms with E-state index in [1.165, 1.54) is 0 Å². The van der Waals surface area contributed by atoms with Gasteiger partial charge in [0.25, 0.3) is 5.91 Å². The Morgan fingerprint density at radius 2 is 1.36 bits per heavy atom. The predicted octanol–water partition coefficient (Wildman–Crippen LogP) is 5.39. The van der Waals surface area contributed by atoms with Crippen LogP contribution in [0.2, 0.25) is 0 Å². The first-order valence-corrected chi connectivity index (χ1v) is 7.20. The number of hydrogen-bond donors (Lipinski definition) is 0. The molecule has 2 rings (SSSR count). The van der Waals surface area contributed by atoms with Gasteiger partial charge >= 0.3 is 12.4 Å². The largest absolute Gasteiger partial charge is 0.416 e. The van der Waals surface area contributed by atoms with Crippen LogP contribution >= 0.6 is 0 Å². The first-order chi connectivity index (χ1) is 11.5. The summed E-state index contributed by atoms with van der Waals surface area (Å²) in [6, 6.07) is 8.84. The topological polar surface area (TPSA) is 20.3 Å². The van der Waals surface area contributed by atoms with Crippen LogP contribution in [0.1, 0.15) is 28.4 Å². The van der Waals surface area contributed by atoms with Crippen molar-refractivity contribution < 1.29 is 31.1 Å².